The van der Waals surface area contributed by atoms with Crippen molar-refractivity contribution in [3.8, 4) is 5.75 Å². The highest BCUT2D eigenvalue weighted by Gasteiger charge is 2.20. The zero-order valence-corrected chi connectivity index (χ0v) is 9.57. The topological polar surface area (TPSA) is 12.5 Å². The van der Waals surface area contributed by atoms with E-state index in [-0.39, 0.29) is 0 Å². The van der Waals surface area contributed by atoms with E-state index in [4.69, 9.17) is 4.74 Å². The summed E-state index contributed by atoms with van der Waals surface area (Å²) in [6.07, 6.45) is 2.39. The van der Waals surface area contributed by atoms with E-state index in [0.717, 1.165) is 25.3 Å². The molecule has 0 spiro atoms. The molecule has 1 aliphatic rings. The summed E-state index contributed by atoms with van der Waals surface area (Å²) in [7, 11) is 4.26. The second kappa shape index (κ2) is 4.67. The first-order valence-corrected chi connectivity index (χ1v) is 5.64. The number of hydrogen-bond acceptors (Lipinski definition) is 2. The summed E-state index contributed by atoms with van der Waals surface area (Å²) in [6, 6.07) is 8.44. The molecule has 0 radical (unpaired) electrons. The standard InChI is InChI=1S/C13H19NO/c1-14(2)9-7-11-8-10-15-13-6-4-3-5-12(11)13/h3-6,11H,7-10H2,1-2H3. The van der Waals surface area contributed by atoms with Gasteiger partial charge in [-0.3, -0.25) is 0 Å². The fraction of sp³-hybridized carbons (Fsp3) is 0.538. The molecule has 0 saturated heterocycles. The Kier molecular flexibility index (Phi) is 3.27. The van der Waals surface area contributed by atoms with Gasteiger partial charge in [0.2, 0.25) is 0 Å². The summed E-state index contributed by atoms with van der Waals surface area (Å²) < 4.78 is 5.65. The van der Waals surface area contributed by atoms with Crippen molar-refractivity contribution >= 4 is 0 Å². The molecule has 1 aromatic carbocycles. The van der Waals surface area contributed by atoms with E-state index in [0.29, 0.717) is 5.92 Å². The molecule has 0 aliphatic carbocycles. The van der Waals surface area contributed by atoms with E-state index in [1.54, 1.807) is 0 Å². The molecule has 2 rings (SSSR count). The van der Waals surface area contributed by atoms with Crippen LogP contribution in [0.1, 0.15) is 24.3 Å². The monoisotopic (exact) mass is 205 g/mol. The molecule has 2 nitrogen and oxygen atoms in total. The van der Waals surface area contributed by atoms with Crippen LogP contribution in [0.25, 0.3) is 0 Å². The summed E-state index contributed by atoms with van der Waals surface area (Å²) in [5.74, 6) is 1.77. The Morgan fingerprint density at radius 2 is 2.13 bits per heavy atom. The van der Waals surface area contributed by atoms with Crippen molar-refractivity contribution in [2.75, 3.05) is 27.2 Å². The highest BCUT2D eigenvalue weighted by atomic mass is 16.5. The van der Waals surface area contributed by atoms with Gasteiger partial charge in [-0.05, 0) is 51.0 Å². The first-order chi connectivity index (χ1) is 7.27. The lowest BCUT2D eigenvalue weighted by molar-refractivity contribution is 0.254. The molecular formula is C13H19NO. The maximum atomic E-state index is 5.65. The second-order valence-electron chi connectivity index (χ2n) is 4.46. The number of benzene rings is 1. The van der Waals surface area contributed by atoms with Crippen LogP contribution in [0.15, 0.2) is 24.3 Å². The molecule has 2 heteroatoms. The zero-order chi connectivity index (χ0) is 10.7. The minimum absolute atomic E-state index is 0.678. The van der Waals surface area contributed by atoms with Gasteiger partial charge in [0.05, 0.1) is 6.61 Å². The molecule has 1 heterocycles. The van der Waals surface area contributed by atoms with Crippen molar-refractivity contribution in [2.45, 2.75) is 18.8 Å². The van der Waals surface area contributed by atoms with Gasteiger partial charge in [-0.2, -0.15) is 0 Å². The van der Waals surface area contributed by atoms with E-state index in [9.17, 15) is 0 Å². The molecule has 1 unspecified atom stereocenters. The van der Waals surface area contributed by atoms with Crippen molar-refractivity contribution in [1.29, 1.82) is 0 Å². The molecule has 0 saturated carbocycles. The summed E-state index contributed by atoms with van der Waals surface area (Å²) >= 11 is 0. The van der Waals surface area contributed by atoms with Gasteiger partial charge in [-0.15, -0.1) is 0 Å². The predicted octanol–water partition coefficient (Wildman–Crippen LogP) is 2.50. The van der Waals surface area contributed by atoms with E-state index >= 15 is 0 Å². The summed E-state index contributed by atoms with van der Waals surface area (Å²) in [5, 5.41) is 0. The van der Waals surface area contributed by atoms with Crippen molar-refractivity contribution in [2.24, 2.45) is 0 Å². The van der Waals surface area contributed by atoms with Crippen molar-refractivity contribution in [3.05, 3.63) is 29.8 Å². The van der Waals surface area contributed by atoms with Gasteiger partial charge in [-0.1, -0.05) is 18.2 Å². The first-order valence-electron chi connectivity index (χ1n) is 5.64. The van der Waals surface area contributed by atoms with Crippen LogP contribution in [0.3, 0.4) is 0 Å². The van der Waals surface area contributed by atoms with E-state index in [2.05, 4.69) is 37.2 Å². The van der Waals surface area contributed by atoms with Crippen molar-refractivity contribution in [1.82, 2.24) is 4.90 Å². The smallest absolute Gasteiger partial charge is 0.122 e. The van der Waals surface area contributed by atoms with Crippen LogP contribution in [0, 0.1) is 0 Å². The maximum Gasteiger partial charge on any atom is 0.122 e. The normalized spacial score (nSPS) is 19.8. The minimum Gasteiger partial charge on any atom is -0.493 e. The SMILES string of the molecule is CN(C)CCC1CCOc2ccccc21. The lowest BCUT2D eigenvalue weighted by atomic mass is 9.90. The molecule has 1 aliphatic heterocycles. The third-order valence-corrected chi connectivity index (χ3v) is 3.01. The molecule has 1 aromatic rings. The Labute approximate surface area is 91.9 Å². The number of rotatable bonds is 3. The maximum absolute atomic E-state index is 5.65. The molecule has 82 valence electrons. The van der Waals surface area contributed by atoms with Gasteiger partial charge in [0, 0.05) is 0 Å². The Morgan fingerprint density at radius 3 is 2.93 bits per heavy atom. The fourth-order valence-corrected chi connectivity index (χ4v) is 2.13. The molecular weight excluding hydrogens is 186 g/mol. The van der Waals surface area contributed by atoms with E-state index < -0.39 is 0 Å². The third kappa shape index (κ3) is 2.51. The van der Waals surface area contributed by atoms with Crippen LogP contribution in [-0.2, 0) is 0 Å². The Balaban J connectivity index is 2.08. The predicted molar refractivity (Wildman–Crippen MR) is 62.5 cm³/mol. The van der Waals surface area contributed by atoms with Crippen LogP contribution >= 0.6 is 0 Å². The molecule has 0 bridgehead atoms. The van der Waals surface area contributed by atoms with Gasteiger partial charge in [-0.25, -0.2) is 0 Å². The fourth-order valence-electron chi connectivity index (χ4n) is 2.13. The van der Waals surface area contributed by atoms with Gasteiger partial charge in [0.15, 0.2) is 0 Å². The summed E-state index contributed by atoms with van der Waals surface area (Å²) in [5.41, 5.74) is 1.39. The van der Waals surface area contributed by atoms with Crippen LogP contribution < -0.4 is 4.74 Å². The summed E-state index contributed by atoms with van der Waals surface area (Å²) in [4.78, 5) is 2.25. The van der Waals surface area contributed by atoms with E-state index in [1.165, 1.54) is 12.0 Å². The quantitative estimate of drug-likeness (QED) is 0.751. The molecule has 15 heavy (non-hydrogen) atoms. The van der Waals surface area contributed by atoms with Gasteiger partial charge >= 0.3 is 0 Å². The van der Waals surface area contributed by atoms with E-state index in [1.807, 2.05) is 6.07 Å². The minimum atomic E-state index is 0.678. The highest BCUT2D eigenvalue weighted by Crippen LogP contribution is 2.35. The summed E-state index contributed by atoms with van der Waals surface area (Å²) in [6.45, 7) is 2.02. The van der Waals surface area contributed by atoms with Crippen LogP contribution in [0.2, 0.25) is 0 Å². The number of fused-ring (bicyclic) bond motifs is 1. The average molecular weight is 205 g/mol. The molecule has 0 N–H and O–H groups in total. The van der Waals surface area contributed by atoms with Crippen molar-refractivity contribution < 1.29 is 4.74 Å². The average Bonchev–Trinajstić information content (AvgIpc) is 2.26. The molecule has 0 amide bonds. The van der Waals surface area contributed by atoms with Gasteiger partial charge in [0.25, 0.3) is 0 Å². The van der Waals surface area contributed by atoms with Crippen LogP contribution in [0.5, 0.6) is 5.75 Å². The van der Waals surface area contributed by atoms with Gasteiger partial charge in [0.1, 0.15) is 5.75 Å². The van der Waals surface area contributed by atoms with Crippen LogP contribution in [-0.4, -0.2) is 32.1 Å². The first kappa shape index (κ1) is 10.5. The molecule has 0 fully saturated rings. The number of hydrogen-bond donors (Lipinski definition) is 0. The largest absolute Gasteiger partial charge is 0.493 e. The lowest BCUT2D eigenvalue weighted by Gasteiger charge is -2.26. The number of nitrogens with zero attached hydrogens (tertiary/aromatic N) is 1. The van der Waals surface area contributed by atoms with Crippen LogP contribution in [0.4, 0.5) is 0 Å². The third-order valence-electron chi connectivity index (χ3n) is 3.01. The highest BCUT2D eigenvalue weighted by molar-refractivity contribution is 5.37. The molecule has 1 atom stereocenters. The second-order valence-corrected chi connectivity index (χ2v) is 4.46. The Bertz CT molecular complexity index is 322. The van der Waals surface area contributed by atoms with Gasteiger partial charge < -0.3 is 9.64 Å². The zero-order valence-electron chi connectivity index (χ0n) is 9.57. The Hall–Kier alpha value is -1.02. The molecule has 0 aromatic heterocycles. The lowest BCUT2D eigenvalue weighted by Crippen LogP contribution is -2.20. The Morgan fingerprint density at radius 1 is 1.33 bits per heavy atom. The van der Waals surface area contributed by atoms with Crippen molar-refractivity contribution in [3.63, 3.8) is 0 Å². The number of ether oxygens (including phenoxy) is 1. The number of para-hydroxylation sites is 1.